The van der Waals surface area contributed by atoms with Crippen molar-refractivity contribution in [1.82, 2.24) is 14.8 Å². The molecular weight excluding hydrogens is 241 g/mol. The molecule has 0 atom stereocenters. The van der Waals surface area contributed by atoms with Gasteiger partial charge >= 0.3 is 0 Å². The smallest absolute Gasteiger partial charge is 0.154 e. The van der Waals surface area contributed by atoms with Gasteiger partial charge in [-0.3, -0.25) is 0 Å². The van der Waals surface area contributed by atoms with Crippen LogP contribution < -0.4 is 0 Å². The molecule has 1 aromatic carbocycles. The van der Waals surface area contributed by atoms with Gasteiger partial charge in [0.2, 0.25) is 0 Å². The summed E-state index contributed by atoms with van der Waals surface area (Å²) >= 11 is 0. The molecule has 3 rings (SSSR count). The molecule has 0 fully saturated rings. The van der Waals surface area contributed by atoms with E-state index in [0.29, 0.717) is 0 Å². The number of benzene rings is 1. The summed E-state index contributed by atoms with van der Waals surface area (Å²) in [4.78, 5) is 4.56. The third-order valence-corrected chi connectivity index (χ3v) is 3.19. The third kappa shape index (κ3) is 1.99. The highest BCUT2D eigenvalue weighted by molar-refractivity contribution is 5.83. The largest absolute Gasteiger partial charge is 0.229 e. The van der Waals surface area contributed by atoms with Gasteiger partial charge in [-0.1, -0.05) is 0 Å². The van der Waals surface area contributed by atoms with Crippen LogP contribution >= 0.6 is 0 Å². The summed E-state index contributed by atoms with van der Waals surface area (Å²) < 4.78 is 15.1. The van der Waals surface area contributed by atoms with E-state index in [1.165, 1.54) is 12.1 Å². The Morgan fingerprint density at radius 2 is 1.84 bits per heavy atom. The summed E-state index contributed by atoms with van der Waals surface area (Å²) in [7, 11) is 0. The Morgan fingerprint density at radius 3 is 2.53 bits per heavy atom. The molecule has 0 N–H and O–H groups in total. The molecule has 19 heavy (non-hydrogen) atoms. The van der Waals surface area contributed by atoms with Crippen molar-refractivity contribution >= 4 is 10.9 Å². The summed E-state index contributed by atoms with van der Waals surface area (Å²) in [6.07, 6.45) is 0. The van der Waals surface area contributed by atoms with Crippen molar-refractivity contribution in [2.45, 2.75) is 20.8 Å². The highest BCUT2D eigenvalue weighted by Gasteiger charge is 2.08. The zero-order chi connectivity index (χ0) is 13.6. The van der Waals surface area contributed by atoms with Crippen molar-refractivity contribution in [3.8, 4) is 5.82 Å². The van der Waals surface area contributed by atoms with Crippen LogP contribution in [0.25, 0.3) is 16.7 Å². The summed E-state index contributed by atoms with van der Waals surface area (Å²) in [5, 5.41) is 5.26. The monoisotopic (exact) mass is 255 g/mol. The maximum Gasteiger partial charge on any atom is 0.154 e. The van der Waals surface area contributed by atoms with E-state index in [1.807, 2.05) is 37.6 Å². The van der Waals surface area contributed by atoms with Crippen LogP contribution in [0.15, 0.2) is 30.3 Å². The van der Waals surface area contributed by atoms with Crippen LogP contribution in [-0.4, -0.2) is 14.8 Å². The van der Waals surface area contributed by atoms with E-state index in [1.54, 1.807) is 6.07 Å². The first kappa shape index (κ1) is 11.8. The lowest BCUT2D eigenvalue weighted by Gasteiger charge is -2.08. The molecular formula is C15H14FN3. The lowest BCUT2D eigenvalue weighted by Crippen LogP contribution is -2.03. The molecule has 0 spiro atoms. The Bertz CT molecular complexity index is 774. The van der Waals surface area contributed by atoms with Crippen molar-refractivity contribution in [3.05, 3.63) is 53.1 Å². The molecule has 0 bridgehead atoms. The van der Waals surface area contributed by atoms with E-state index < -0.39 is 0 Å². The predicted molar refractivity (Wildman–Crippen MR) is 73.0 cm³/mol. The average molecular weight is 255 g/mol. The lowest BCUT2D eigenvalue weighted by atomic mass is 10.1. The van der Waals surface area contributed by atoms with Gasteiger partial charge in [-0.15, -0.1) is 0 Å². The zero-order valence-electron chi connectivity index (χ0n) is 11.1. The molecule has 2 heterocycles. The minimum Gasteiger partial charge on any atom is -0.229 e. The van der Waals surface area contributed by atoms with Crippen LogP contribution in [-0.2, 0) is 0 Å². The molecule has 0 saturated heterocycles. The average Bonchev–Trinajstić information content (AvgIpc) is 2.69. The van der Waals surface area contributed by atoms with Crippen LogP contribution in [0.4, 0.5) is 4.39 Å². The molecule has 3 nitrogen and oxygen atoms in total. The SMILES string of the molecule is Cc1cc(C)n(-c2cc(C)c3cc(F)ccc3n2)n1. The number of aryl methyl sites for hydroxylation is 3. The van der Waals surface area contributed by atoms with Crippen molar-refractivity contribution in [2.24, 2.45) is 0 Å². The Labute approximate surface area is 110 Å². The fourth-order valence-corrected chi connectivity index (χ4v) is 2.32. The molecule has 4 heteroatoms. The summed E-state index contributed by atoms with van der Waals surface area (Å²) in [6.45, 7) is 5.90. The van der Waals surface area contributed by atoms with Gasteiger partial charge in [-0.05, 0) is 56.7 Å². The van der Waals surface area contributed by atoms with E-state index in [2.05, 4.69) is 10.1 Å². The van der Waals surface area contributed by atoms with Crippen molar-refractivity contribution in [3.63, 3.8) is 0 Å². The number of nitrogens with zero attached hydrogens (tertiary/aromatic N) is 3. The second-order valence-corrected chi connectivity index (χ2v) is 4.80. The zero-order valence-corrected chi connectivity index (χ0v) is 11.1. The Balaban J connectivity index is 2.26. The number of fused-ring (bicyclic) bond motifs is 1. The molecule has 0 unspecified atom stereocenters. The number of pyridine rings is 1. The van der Waals surface area contributed by atoms with Crippen molar-refractivity contribution in [1.29, 1.82) is 0 Å². The predicted octanol–water partition coefficient (Wildman–Crippen LogP) is 3.48. The normalized spacial score (nSPS) is 11.2. The molecule has 96 valence electrons. The van der Waals surface area contributed by atoms with E-state index in [9.17, 15) is 4.39 Å². The highest BCUT2D eigenvalue weighted by Crippen LogP contribution is 2.21. The molecule has 3 aromatic rings. The molecule has 0 aliphatic carbocycles. The Hall–Kier alpha value is -2.23. The number of halogens is 1. The van der Waals surface area contributed by atoms with Gasteiger partial charge in [-0.2, -0.15) is 5.10 Å². The standard InChI is InChI=1S/C15H14FN3/c1-9-6-15(19-11(3)7-10(2)18-19)17-14-5-4-12(16)8-13(9)14/h4-8H,1-3H3. The second-order valence-electron chi connectivity index (χ2n) is 4.80. The minimum atomic E-state index is -0.240. The topological polar surface area (TPSA) is 30.7 Å². The maximum absolute atomic E-state index is 13.3. The van der Waals surface area contributed by atoms with Crippen LogP contribution in [0.3, 0.4) is 0 Å². The lowest BCUT2D eigenvalue weighted by molar-refractivity contribution is 0.629. The van der Waals surface area contributed by atoms with Gasteiger partial charge in [0.05, 0.1) is 11.2 Å². The van der Waals surface area contributed by atoms with Gasteiger partial charge < -0.3 is 0 Å². The number of hydrogen-bond acceptors (Lipinski definition) is 2. The summed E-state index contributed by atoms with van der Waals surface area (Å²) in [6, 6.07) is 8.59. The van der Waals surface area contributed by atoms with E-state index in [-0.39, 0.29) is 5.82 Å². The van der Waals surface area contributed by atoms with Crippen LogP contribution in [0, 0.1) is 26.6 Å². The fraction of sp³-hybridized carbons (Fsp3) is 0.200. The Kier molecular flexibility index (Phi) is 2.59. The third-order valence-electron chi connectivity index (χ3n) is 3.19. The van der Waals surface area contributed by atoms with Gasteiger partial charge in [0.25, 0.3) is 0 Å². The number of rotatable bonds is 1. The number of hydrogen-bond donors (Lipinski definition) is 0. The molecule has 0 aliphatic rings. The van der Waals surface area contributed by atoms with Crippen molar-refractivity contribution < 1.29 is 4.39 Å². The van der Waals surface area contributed by atoms with Gasteiger partial charge in [0, 0.05) is 11.1 Å². The first-order chi connectivity index (χ1) is 9.04. The summed E-state index contributed by atoms with van der Waals surface area (Å²) in [5.41, 5.74) is 3.76. The first-order valence-corrected chi connectivity index (χ1v) is 6.15. The molecule has 0 radical (unpaired) electrons. The molecule has 0 amide bonds. The van der Waals surface area contributed by atoms with Gasteiger partial charge in [0.15, 0.2) is 5.82 Å². The maximum atomic E-state index is 13.3. The van der Waals surface area contributed by atoms with Crippen LogP contribution in [0.5, 0.6) is 0 Å². The first-order valence-electron chi connectivity index (χ1n) is 6.15. The van der Waals surface area contributed by atoms with E-state index >= 15 is 0 Å². The van der Waals surface area contributed by atoms with Crippen molar-refractivity contribution in [2.75, 3.05) is 0 Å². The highest BCUT2D eigenvalue weighted by atomic mass is 19.1. The fourth-order valence-electron chi connectivity index (χ4n) is 2.32. The Morgan fingerprint density at radius 1 is 1.05 bits per heavy atom. The van der Waals surface area contributed by atoms with Crippen LogP contribution in [0.1, 0.15) is 17.0 Å². The second kappa shape index (κ2) is 4.16. The quantitative estimate of drug-likeness (QED) is 0.666. The van der Waals surface area contributed by atoms with Gasteiger partial charge in [-0.25, -0.2) is 14.1 Å². The molecule has 0 aliphatic heterocycles. The van der Waals surface area contributed by atoms with Crippen LogP contribution in [0.2, 0.25) is 0 Å². The molecule has 0 saturated carbocycles. The van der Waals surface area contributed by atoms with Gasteiger partial charge in [0.1, 0.15) is 5.82 Å². The minimum absolute atomic E-state index is 0.240. The number of aromatic nitrogens is 3. The van der Waals surface area contributed by atoms with E-state index in [0.717, 1.165) is 33.7 Å². The summed E-state index contributed by atoms with van der Waals surface area (Å²) in [5.74, 6) is 0.526. The molecule has 2 aromatic heterocycles. The van der Waals surface area contributed by atoms with E-state index in [4.69, 9.17) is 0 Å².